The van der Waals surface area contributed by atoms with Gasteiger partial charge in [-0.1, -0.05) is 39.6 Å². The maximum Gasteiger partial charge on any atom is 0.318 e. The molecule has 0 unspecified atom stereocenters. The van der Waals surface area contributed by atoms with E-state index in [0.29, 0.717) is 5.82 Å². The number of hydrogen-bond acceptors (Lipinski definition) is 4. The molecule has 88 valence electrons. The Balaban J connectivity index is 2.05. The zero-order valence-electron chi connectivity index (χ0n) is 9.19. The minimum absolute atomic E-state index is 0.0954. The van der Waals surface area contributed by atoms with Crippen molar-refractivity contribution in [3.05, 3.63) is 40.1 Å². The largest absolute Gasteiger partial charge is 0.351 e. The third-order valence-electron chi connectivity index (χ3n) is 3.47. The monoisotopic (exact) mass is 293 g/mol. The first-order chi connectivity index (χ1) is 8.21. The number of benzene rings is 1. The Morgan fingerprint density at radius 2 is 1.94 bits per heavy atom. The molecule has 0 atom stereocenters. The van der Waals surface area contributed by atoms with Gasteiger partial charge in [0.2, 0.25) is 0 Å². The van der Waals surface area contributed by atoms with E-state index in [9.17, 15) is 0 Å². The number of nitrogens with zero attached hydrogens (tertiary/aromatic N) is 2. The van der Waals surface area contributed by atoms with Gasteiger partial charge in [-0.25, -0.2) is 0 Å². The summed E-state index contributed by atoms with van der Waals surface area (Å²) in [5, 5.41) is 3.99. The summed E-state index contributed by atoms with van der Waals surface area (Å²) in [7, 11) is 0. The van der Waals surface area contributed by atoms with Crippen LogP contribution < -0.4 is 5.73 Å². The molecule has 0 bridgehead atoms. The van der Waals surface area contributed by atoms with Gasteiger partial charge in [-0.2, -0.15) is 4.98 Å². The highest BCUT2D eigenvalue weighted by Gasteiger charge is 2.44. The van der Waals surface area contributed by atoms with Crippen molar-refractivity contribution < 1.29 is 4.52 Å². The molecule has 0 radical (unpaired) electrons. The van der Waals surface area contributed by atoms with E-state index in [1.165, 1.54) is 12.0 Å². The van der Waals surface area contributed by atoms with E-state index in [4.69, 9.17) is 10.3 Å². The first-order valence-electron chi connectivity index (χ1n) is 5.56. The van der Waals surface area contributed by atoms with Gasteiger partial charge in [0.15, 0.2) is 5.82 Å². The van der Waals surface area contributed by atoms with Crippen molar-refractivity contribution in [2.24, 2.45) is 0 Å². The summed E-state index contributed by atoms with van der Waals surface area (Å²) in [6.07, 6.45) is 3.28. The molecule has 4 nitrogen and oxygen atoms in total. The molecule has 2 aromatic rings. The second-order valence-electron chi connectivity index (χ2n) is 4.40. The molecule has 0 aliphatic heterocycles. The highest BCUT2D eigenvalue weighted by atomic mass is 79.9. The summed E-state index contributed by atoms with van der Waals surface area (Å²) < 4.78 is 5.97. The molecule has 0 amide bonds. The van der Waals surface area contributed by atoms with Crippen LogP contribution in [0.2, 0.25) is 0 Å². The lowest BCUT2D eigenvalue weighted by Gasteiger charge is -2.39. The molecule has 1 aliphatic rings. The van der Waals surface area contributed by atoms with E-state index in [0.717, 1.165) is 17.3 Å². The van der Waals surface area contributed by atoms with Crippen molar-refractivity contribution >= 4 is 21.9 Å². The molecule has 1 aromatic heterocycles. The summed E-state index contributed by atoms with van der Waals surface area (Å²) in [6.45, 7) is 0. The smallest absolute Gasteiger partial charge is 0.318 e. The van der Waals surface area contributed by atoms with Crippen LogP contribution in [0, 0.1) is 0 Å². The fourth-order valence-electron chi connectivity index (χ4n) is 2.37. The number of rotatable bonds is 2. The van der Waals surface area contributed by atoms with E-state index in [1.807, 2.05) is 12.1 Å². The molecule has 17 heavy (non-hydrogen) atoms. The normalized spacial score (nSPS) is 17.7. The Hall–Kier alpha value is -1.36. The molecule has 0 spiro atoms. The van der Waals surface area contributed by atoms with Crippen molar-refractivity contribution in [1.82, 2.24) is 10.1 Å². The van der Waals surface area contributed by atoms with Crippen LogP contribution in [0.1, 0.15) is 30.7 Å². The molecule has 5 heteroatoms. The fourth-order valence-corrected chi connectivity index (χ4v) is 2.63. The third-order valence-corrected chi connectivity index (χ3v) is 4.00. The second-order valence-corrected chi connectivity index (χ2v) is 5.31. The maximum absolute atomic E-state index is 5.51. The molecule has 1 heterocycles. The first kappa shape index (κ1) is 10.8. The number of halogens is 1. The standard InChI is InChI=1S/C12H12BrN3O/c13-9-4-2-8(3-5-9)12(6-1-7-12)10-15-11(14)17-16-10/h2-5H,1,6-7H2,(H2,14,15,16). The summed E-state index contributed by atoms with van der Waals surface area (Å²) in [5.74, 6) is 0.712. The Morgan fingerprint density at radius 1 is 1.24 bits per heavy atom. The number of nitrogens with two attached hydrogens (primary N) is 1. The summed E-state index contributed by atoms with van der Waals surface area (Å²) in [5.41, 5.74) is 6.64. The van der Waals surface area contributed by atoms with Crippen LogP contribution in [0.5, 0.6) is 0 Å². The lowest BCUT2D eigenvalue weighted by molar-refractivity contribution is 0.273. The number of hydrogen-bond donors (Lipinski definition) is 1. The van der Waals surface area contributed by atoms with E-state index >= 15 is 0 Å². The zero-order valence-corrected chi connectivity index (χ0v) is 10.8. The fraction of sp³-hybridized carbons (Fsp3) is 0.333. The summed E-state index contributed by atoms with van der Waals surface area (Å²) in [4.78, 5) is 4.19. The van der Waals surface area contributed by atoms with Gasteiger partial charge in [-0.15, -0.1) is 0 Å². The first-order valence-corrected chi connectivity index (χ1v) is 6.36. The average molecular weight is 294 g/mol. The van der Waals surface area contributed by atoms with Crippen LogP contribution in [0.25, 0.3) is 0 Å². The van der Waals surface area contributed by atoms with Gasteiger partial charge in [-0.05, 0) is 30.5 Å². The van der Waals surface area contributed by atoms with E-state index in [-0.39, 0.29) is 11.4 Å². The summed E-state index contributed by atoms with van der Waals surface area (Å²) in [6, 6.07) is 8.44. The molecule has 1 aliphatic carbocycles. The van der Waals surface area contributed by atoms with Gasteiger partial charge in [0.1, 0.15) is 0 Å². The minimum Gasteiger partial charge on any atom is -0.351 e. The molecule has 1 saturated carbocycles. The molecular weight excluding hydrogens is 282 g/mol. The summed E-state index contributed by atoms with van der Waals surface area (Å²) >= 11 is 3.44. The van der Waals surface area contributed by atoms with Gasteiger partial charge >= 0.3 is 6.01 Å². The predicted molar refractivity (Wildman–Crippen MR) is 67.5 cm³/mol. The second kappa shape index (κ2) is 3.84. The maximum atomic E-state index is 5.51. The Kier molecular flexibility index (Phi) is 2.43. The molecule has 3 rings (SSSR count). The van der Waals surface area contributed by atoms with Crippen LogP contribution in [-0.2, 0) is 5.41 Å². The van der Waals surface area contributed by atoms with Gasteiger partial charge < -0.3 is 10.3 Å². The Labute approximate surface area is 107 Å². The van der Waals surface area contributed by atoms with Crippen LogP contribution in [0.15, 0.2) is 33.3 Å². The lowest BCUT2D eigenvalue weighted by Crippen LogP contribution is -2.36. The highest BCUT2D eigenvalue weighted by molar-refractivity contribution is 9.10. The lowest BCUT2D eigenvalue weighted by atomic mass is 9.64. The quantitative estimate of drug-likeness (QED) is 0.925. The van der Waals surface area contributed by atoms with Gasteiger partial charge in [0.25, 0.3) is 0 Å². The topological polar surface area (TPSA) is 64.9 Å². The van der Waals surface area contributed by atoms with Crippen molar-refractivity contribution in [2.75, 3.05) is 5.73 Å². The third kappa shape index (κ3) is 1.65. The van der Waals surface area contributed by atoms with Crippen molar-refractivity contribution in [2.45, 2.75) is 24.7 Å². The minimum atomic E-state index is -0.0954. The van der Waals surface area contributed by atoms with Crippen LogP contribution >= 0.6 is 15.9 Å². The van der Waals surface area contributed by atoms with Gasteiger partial charge in [0.05, 0.1) is 5.41 Å². The molecule has 0 saturated heterocycles. The zero-order chi connectivity index (χ0) is 11.9. The average Bonchev–Trinajstić information content (AvgIpc) is 2.67. The molecule has 2 N–H and O–H groups in total. The predicted octanol–water partition coefficient (Wildman–Crippen LogP) is 2.88. The number of anilines is 1. The van der Waals surface area contributed by atoms with Gasteiger partial charge in [-0.3, -0.25) is 0 Å². The van der Waals surface area contributed by atoms with Crippen molar-refractivity contribution in [1.29, 1.82) is 0 Å². The van der Waals surface area contributed by atoms with Crippen LogP contribution in [0.4, 0.5) is 6.01 Å². The molecule has 1 aromatic carbocycles. The van der Waals surface area contributed by atoms with Crippen LogP contribution in [-0.4, -0.2) is 10.1 Å². The Morgan fingerprint density at radius 3 is 2.41 bits per heavy atom. The van der Waals surface area contributed by atoms with Gasteiger partial charge in [0, 0.05) is 4.47 Å². The van der Waals surface area contributed by atoms with E-state index in [2.05, 4.69) is 38.2 Å². The highest BCUT2D eigenvalue weighted by Crippen LogP contribution is 2.47. The molecule has 1 fully saturated rings. The number of aromatic nitrogens is 2. The van der Waals surface area contributed by atoms with Crippen molar-refractivity contribution in [3.8, 4) is 0 Å². The van der Waals surface area contributed by atoms with Crippen LogP contribution in [0.3, 0.4) is 0 Å². The van der Waals surface area contributed by atoms with E-state index in [1.54, 1.807) is 0 Å². The molecular formula is C12H12BrN3O. The number of nitrogen functional groups attached to an aromatic ring is 1. The van der Waals surface area contributed by atoms with Crippen molar-refractivity contribution in [3.63, 3.8) is 0 Å². The Bertz CT molecular complexity index is 531. The van der Waals surface area contributed by atoms with E-state index < -0.39 is 0 Å². The SMILES string of the molecule is Nc1nc(C2(c3ccc(Br)cc3)CCC2)no1.